The lowest BCUT2D eigenvalue weighted by Gasteiger charge is -2.53. The van der Waals surface area contributed by atoms with Crippen LogP contribution in [-0.4, -0.2) is 43.6 Å². The molecule has 0 atom stereocenters. The van der Waals surface area contributed by atoms with Crippen LogP contribution in [0.5, 0.6) is 0 Å². The second-order valence-corrected chi connectivity index (χ2v) is 10.5. The maximum Gasteiger partial charge on any atom is 0.421 e. The molecule has 0 aliphatic carbocycles. The number of likely N-dealkylation sites (tertiary alicyclic amines) is 1. The summed E-state index contributed by atoms with van der Waals surface area (Å²) in [6, 6.07) is 10.8. The summed E-state index contributed by atoms with van der Waals surface area (Å²) in [5, 5.41) is 15.1. The van der Waals surface area contributed by atoms with Gasteiger partial charge in [-0.1, -0.05) is 0 Å². The fraction of sp³-hybridized carbons (Fsp3) is 0.423. The quantitative estimate of drug-likeness (QED) is 0.452. The SMILES string of the molecule is CN1C(C)(C)CC(Nc2nc(Nc3ccc(-n4ccc(C#N)c4)cc3)ncc2C(F)(F)F)CC1(C)C. The van der Waals surface area contributed by atoms with Gasteiger partial charge in [0.15, 0.2) is 0 Å². The summed E-state index contributed by atoms with van der Waals surface area (Å²) in [5.74, 6) is -0.161. The molecule has 7 nitrogen and oxygen atoms in total. The molecular weight excluding hydrogens is 467 g/mol. The minimum absolute atomic E-state index is 0.0671. The maximum absolute atomic E-state index is 13.8. The first-order valence-electron chi connectivity index (χ1n) is 11.7. The van der Waals surface area contributed by atoms with Crippen molar-refractivity contribution in [2.75, 3.05) is 17.7 Å². The van der Waals surface area contributed by atoms with E-state index < -0.39 is 11.7 Å². The molecule has 2 aromatic heterocycles. The summed E-state index contributed by atoms with van der Waals surface area (Å²) >= 11 is 0. The standard InChI is InChI=1S/C26H30F3N7/c1-24(2)12-19(13-25(3,4)35(24)5)32-22-21(26(27,28)29)15-31-23(34-22)33-18-6-8-20(9-7-18)36-11-10-17(14-30)16-36/h6-11,15-16,19H,12-13H2,1-5H3,(H2,31,32,33,34). The molecule has 190 valence electrons. The Morgan fingerprint density at radius 1 is 1.06 bits per heavy atom. The van der Waals surface area contributed by atoms with Crippen molar-refractivity contribution >= 4 is 17.5 Å². The number of rotatable bonds is 5. The van der Waals surface area contributed by atoms with Gasteiger partial charge in [0.05, 0.1) is 5.56 Å². The van der Waals surface area contributed by atoms with Crippen molar-refractivity contribution in [3.05, 3.63) is 60.0 Å². The van der Waals surface area contributed by atoms with E-state index in [0.29, 0.717) is 24.1 Å². The molecule has 1 aliphatic heterocycles. The smallest absolute Gasteiger partial charge is 0.367 e. The van der Waals surface area contributed by atoms with Gasteiger partial charge in [-0.05, 0) is 77.9 Å². The van der Waals surface area contributed by atoms with Gasteiger partial charge in [0, 0.05) is 47.1 Å². The van der Waals surface area contributed by atoms with Crippen LogP contribution in [0.3, 0.4) is 0 Å². The molecule has 3 heterocycles. The fourth-order valence-electron chi connectivity index (χ4n) is 4.90. The highest BCUT2D eigenvalue weighted by molar-refractivity contribution is 5.58. The summed E-state index contributed by atoms with van der Waals surface area (Å²) in [6.45, 7) is 8.38. The zero-order valence-corrected chi connectivity index (χ0v) is 21.0. The molecule has 2 N–H and O–H groups in total. The molecule has 0 spiro atoms. The Hall–Kier alpha value is -3.58. The zero-order valence-electron chi connectivity index (χ0n) is 21.0. The van der Waals surface area contributed by atoms with Gasteiger partial charge in [-0.3, -0.25) is 4.90 Å². The van der Waals surface area contributed by atoms with E-state index in [9.17, 15) is 13.2 Å². The normalized spacial score (nSPS) is 18.0. The van der Waals surface area contributed by atoms with Gasteiger partial charge in [-0.15, -0.1) is 0 Å². The van der Waals surface area contributed by atoms with Crippen LogP contribution in [0.4, 0.5) is 30.6 Å². The number of aromatic nitrogens is 3. The van der Waals surface area contributed by atoms with Crippen LogP contribution in [0.2, 0.25) is 0 Å². The van der Waals surface area contributed by atoms with Crippen molar-refractivity contribution in [2.24, 2.45) is 0 Å². The van der Waals surface area contributed by atoms with Gasteiger partial charge in [0.25, 0.3) is 0 Å². The Balaban J connectivity index is 1.57. The summed E-state index contributed by atoms with van der Waals surface area (Å²) in [6.07, 6.45) is 1.07. The summed E-state index contributed by atoms with van der Waals surface area (Å²) in [5.41, 5.74) is 0.734. The number of anilines is 3. The number of nitriles is 1. The minimum atomic E-state index is -4.59. The summed E-state index contributed by atoms with van der Waals surface area (Å²) < 4.78 is 43.2. The van der Waals surface area contributed by atoms with Crippen LogP contribution in [0.1, 0.15) is 51.7 Å². The predicted molar refractivity (Wildman–Crippen MR) is 133 cm³/mol. The number of halogens is 3. The number of benzene rings is 1. The fourth-order valence-corrected chi connectivity index (χ4v) is 4.90. The molecule has 0 bridgehead atoms. The summed E-state index contributed by atoms with van der Waals surface area (Å²) in [7, 11) is 2.05. The van der Waals surface area contributed by atoms with Gasteiger partial charge in [0.1, 0.15) is 17.5 Å². The number of alkyl halides is 3. The topological polar surface area (TPSA) is 81.8 Å². The van der Waals surface area contributed by atoms with Crippen LogP contribution in [0.15, 0.2) is 48.9 Å². The van der Waals surface area contributed by atoms with E-state index in [-0.39, 0.29) is 28.9 Å². The molecule has 1 aliphatic rings. The lowest BCUT2D eigenvalue weighted by atomic mass is 9.77. The van der Waals surface area contributed by atoms with E-state index in [2.05, 4.69) is 59.3 Å². The van der Waals surface area contributed by atoms with E-state index >= 15 is 0 Å². The van der Waals surface area contributed by atoms with Crippen molar-refractivity contribution < 1.29 is 13.2 Å². The van der Waals surface area contributed by atoms with E-state index in [1.807, 2.05) is 23.7 Å². The second kappa shape index (κ2) is 9.13. The van der Waals surface area contributed by atoms with Crippen molar-refractivity contribution in [3.63, 3.8) is 0 Å². The highest BCUT2D eigenvalue weighted by Crippen LogP contribution is 2.40. The Kier molecular flexibility index (Phi) is 6.47. The second-order valence-electron chi connectivity index (χ2n) is 10.5. The molecule has 10 heteroatoms. The third kappa shape index (κ3) is 5.31. The lowest BCUT2D eigenvalue weighted by molar-refractivity contribution is -0.137. The average Bonchev–Trinajstić information content (AvgIpc) is 3.26. The molecule has 0 radical (unpaired) electrons. The van der Waals surface area contributed by atoms with E-state index in [1.54, 1.807) is 30.6 Å². The molecule has 1 saturated heterocycles. The van der Waals surface area contributed by atoms with E-state index in [0.717, 1.165) is 11.9 Å². The molecule has 0 saturated carbocycles. The molecule has 1 fully saturated rings. The average molecular weight is 498 g/mol. The first-order chi connectivity index (χ1) is 16.8. The Morgan fingerprint density at radius 2 is 1.69 bits per heavy atom. The van der Waals surface area contributed by atoms with Crippen molar-refractivity contribution in [1.82, 2.24) is 19.4 Å². The van der Waals surface area contributed by atoms with Crippen molar-refractivity contribution in [2.45, 2.75) is 63.8 Å². The van der Waals surface area contributed by atoms with Gasteiger partial charge < -0.3 is 15.2 Å². The van der Waals surface area contributed by atoms with Gasteiger partial charge in [-0.2, -0.15) is 23.4 Å². The maximum atomic E-state index is 13.8. The number of hydrogen-bond donors (Lipinski definition) is 2. The van der Waals surface area contributed by atoms with Crippen molar-refractivity contribution in [1.29, 1.82) is 5.26 Å². The highest BCUT2D eigenvalue weighted by Gasteiger charge is 2.44. The lowest BCUT2D eigenvalue weighted by Crippen LogP contribution is -2.61. The van der Waals surface area contributed by atoms with Gasteiger partial charge in [-0.25, -0.2) is 4.98 Å². The van der Waals surface area contributed by atoms with Crippen LogP contribution in [-0.2, 0) is 6.18 Å². The van der Waals surface area contributed by atoms with E-state index in [1.165, 1.54) is 0 Å². The van der Waals surface area contributed by atoms with Gasteiger partial charge >= 0.3 is 6.18 Å². The first-order valence-corrected chi connectivity index (χ1v) is 11.7. The predicted octanol–water partition coefficient (Wildman–Crippen LogP) is 5.96. The monoisotopic (exact) mass is 497 g/mol. The molecule has 36 heavy (non-hydrogen) atoms. The van der Waals surface area contributed by atoms with Crippen LogP contribution in [0, 0.1) is 11.3 Å². The first kappa shape index (κ1) is 25.5. The third-order valence-corrected chi connectivity index (χ3v) is 6.99. The minimum Gasteiger partial charge on any atom is -0.367 e. The molecule has 0 amide bonds. The number of hydrogen-bond acceptors (Lipinski definition) is 6. The Bertz CT molecular complexity index is 1250. The number of nitrogens with zero attached hydrogens (tertiary/aromatic N) is 5. The van der Waals surface area contributed by atoms with Gasteiger partial charge in [0.2, 0.25) is 5.95 Å². The van der Waals surface area contributed by atoms with Crippen LogP contribution in [0.25, 0.3) is 5.69 Å². The van der Waals surface area contributed by atoms with Crippen LogP contribution < -0.4 is 10.6 Å². The zero-order chi connectivity index (χ0) is 26.3. The number of nitrogens with one attached hydrogen (secondary N) is 2. The number of piperidine rings is 1. The Morgan fingerprint density at radius 3 is 2.25 bits per heavy atom. The molecular formula is C26H30F3N7. The Labute approximate surface area is 209 Å². The largest absolute Gasteiger partial charge is 0.421 e. The molecule has 1 aromatic carbocycles. The van der Waals surface area contributed by atoms with E-state index in [4.69, 9.17) is 5.26 Å². The molecule has 4 rings (SSSR count). The highest BCUT2D eigenvalue weighted by atomic mass is 19.4. The summed E-state index contributed by atoms with van der Waals surface area (Å²) in [4.78, 5) is 10.4. The third-order valence-electron chi connectivity index (χ3n) is 6.99. The molecule has 0 unspecified atom stereocenters. The molecule has 3 aromatic rings. The van der Waals surface area contributed by atoms with Crippen molar-refractivity contribution in [3.8, 4) is 11.8 Å². The van der Waals surface area contributed by atoms with Crippen LogP contribution >= 0.6 is 0 Å².